The molecule has 2 rings (SSSR count). The van der Waals surface area contributed by atoms with Crippen molar-refractivity contribution in [1.82, 2.24) is 10.3 Å². The van der Waals surface area contributed by atoms with E-state index >= 15 is 0 Å². The van der Waals surface area contributed by atoms with Gasteiger partial charge in [0, 0.05) is 18.0 Å². The third-order valence-corrected chi connectivity index (χ3v) is 5.53. The lowest BCUT2D eigenvalue weighted by molar-refractivity contribution is 0.0937. The lowest BCUT2D eigenvalue weighted by atomic mass is 10.2. The van der Waals surface area contributed by atoms with Crippen molar-refractivity contribution in [2.75, 3.05) is 23.4 Å². The zero-order chi connectivity index (χ0) is 14.8. The number of thiazole rings is 1. The normalized spacial score (nSPS) is 21.1. The van der Waals surface area contributed by atoms with E-state index in [0.29, 0.717) is 23.2 Å². The number of aromatic nitrogens is 1. The Bertz CT molecular complexity index is 581. The summed E-state index contributed by atoms with van der Waals surface area (Å²) in [7, 11) is -2.98. The first-order chi connectivity index (χ1) is 9.35. The smallest absolute Gasteiger partial charge is 0.271 e. The first-order valence-corrected chi connectivity index (χ1v) is 9.26. The predicted molar refractivity (Wildman–Crippen MR) is 80.0 cm³/mol. The molecule has 1 aromatic rings. The number of carbonyl (C=O) groups excluding carboxylic acids is 1. The number of nitrogens with zero attached hydrogens (tertiary/aromatic N) is 1. The van der Waals surface area contributed by atoms with Crippen LogP contribution in [0, 0.1) is 5.92 Å². The molecule has 1 fully saturated rings. The summed E-state index contributed by atoms with van der Waals surface area (Å²) >= 11 is 1.38. The number of rotatable bonds is 5. The van der Waals surface area contributed by atoms with E-state index in [0.717, 1.165) is 6.54 Å². The zero-order valence-corrected chi connectivity index (χ0v) is 13.2. The summed E-state index contributed by atoms with van der Waals surface area (Å²) in [6, 6.07) is -0.290. The van der Waals surface area contributed by atoms with Gasteiger partial charge >= 0.3 is 0 Å². The standard InChI is InChI=1S/C12H19N3O3S2/c1-8(2)5-13-12-15-10(6-19-12)11(16)14-9-3-4-20(17,18)7-9/h6,8-9H,3-5,7H2,1-2H3,(H,13,15)(H,14,16)/t9-/m1/s1. The number of hydrogen-bond acceptors (Lipinski definition) is 6. The van der Waals surface area contributed by atoms with Crippen molar-refractivity contribution in [3.63, 3.8) is 0 Å². The molecule has 1 amide bonds. The average Bonchev–Trinajstić information content (AvgIpc) is 2.93. The summed E-state index contributed by atoms with van der Waals surface area (Å²) in [5.41, 5.74) is 0.338. The van der Waals surface area contributed by atoms with Gasteiger partial charge in [0.05, 0.1) is 11.5 Å². The maximum Gasteiger partial charge on any atom is 0.271 e. The number of amides is 1. The van der Waals surface area contributed by atoms with Gasteiger partial charge in [-0.1, -0.05) is 13.8 Å². The van der Waals surface area contributed by atoms with Crippen LogP contribution in [0.25, 0.3) is 0 Å². The minimum absolute atomic E-state index is 0.0291. The highest BCUT2D eigenvalue weighted by atomic mass is 32.2. The molecule has 0 spiro atoms. The van der Waals surface area contributed by atoms with E-state index in [1.54, 1.807) is 5.38 Å². The van der Waals surface area contributed by atoms with Gasteiger partial charge in [-0.15, -0.1) is 11.3 Å². The van der Waals surface area contributed by atoms with E-state index in [2.05, 4.69) is 29.5 Å². The Kier molecular flexibility index (Phi) is 4.64. The van der Waals surface area contributed by atoms with Gasteiger partial charge in [-0.3, -0.25) is 4.79 Å². The highest BCUT2D eigenvalue weighted by Gasteiger charge is 2.29. The van der Waals surface area contributed by atoms with Crippen LogP contribution in [0.15, 0.2) is 5.38 Å². The number of anilines is 1. The van der Waals surface area contributed by atoms with Crippen LogP contribution in [0.5, 0.6) is 0 Å². The van der Waals surface area contributed by atoms with Crippen LogP contribution in [0.3, 0.4) is 0 Å². The van der Waals surface area contributed by atoms with Crippen molar-refractivity contribution >= 4 is 32.2 Å². The van der Waals surface area contributed by atoms with Gasteiger partial charge in [0.25, 0.3) is 5.91 Å². The predicted octanol–water partition coefficient (Wildman–Crippen LogP) is 1.13. The van der Waals surface area contributed by atoms with Crippen LogP contribution < -0.4 is 10.6 Å². The van der Waals surface area contributed by atoms with Crippen molar-refractivity contribution in [2.24, 2.45) is 5.92 Å². The monoisotopic (exact) mass is 317 g/mol. The molecule has 0 radical (unpaired) electrons. The first-order valence-electron chi connectivity index (χ1n) is 6.56. The van der Waals surface area contributed by atoms with Gasteiger partial charge in [0.15, 0.2) is 15.0 Å². The Morgan fingerprint density at radius 1 is 1.55 bits per heavy atom. The van der Waals surface area contributed by atoms with Crippen LogP contribution in [-0.2, 0) is 9.84 Å². The van der Waals surface area contributed by atoms with Crippen LogP contribution in [0.1, 0.15) is 30.8 Å². The quantitative estimate of drug-likeness (QED) is 0.850. The fourth-order valence-corrected chi connectivity index (χ4v) is 4.29. The maximum absolute atomic E-state index is 12.0. The molecule has 8 heteroatoms. The molecule has 0 unspecified atom stereocenters. The lowest BCUT2D eigenvalue weighted by Crippen LogP contribution is -2.35. The molecule has 2 N–H and O–H groups in total. The molecule has 1 aliphatic heterocycles. The molecule has 20 heavy (non-hydrogen) atoms. The summed E-state index contributed by atoms with van der Waals surface area (Å²) in [5, 5.41) is 8.28. The van der Waals surface area contributed by atoms with Crippen LogP contribution in [0.2, 0.25) is 0 Å². The van der Waals surface area contributed by atoms with Crippen molar-refractivity contribution in [1.29, 1.82) is 0 Å². The second-order valence-corrected chi connectivity index (χ2v) is 8.47. The fraction of sp³-hybridized carbons (Fsp3) is 0.667. The molecule has 1 aliphatic rings. The average molecular weight is 317 g/mol. The third kappa shape index (κ3) is 4.17. The molecule has 1 atom stereocenters. The van der Waals surface area contributed by atoms with Gasteiger partial charge < -0.3 is 10.6 Å². The Balaban J connectivity index is 1.90. The van der Waals surface area contributed by atoms with Gasteiger partial charge in [-0.2, -0.15) is 0 Å². The molecule has 2 heterocycles. The topological polar surface area (TPSA) is 88.2 Å². The van der Waals surface area contributed by atoms with E-state index in [-0.39, 0.29) is 23.5 Å². The van der Waals surface area contributed by atoms with E-state index < -0.39 is 9.84 Å². The summed E-state index contributed by atoms with van der Waals surface area (Å²) in [4.78, 5) is 16.2. The number of nitrogens with one attached hydrogen (secondary N) is 2. The molecule has 112 valence electrons. The minimum atomic E-state index is -2.98. The Hall–Kier alpha value is -1.15. The molecular weight excluding hydrogens is 298 g/mol. The minimum Gasteiger partial charge on any atom is -0.361 e. The number of carbonyl (C=O) groups is 1. The highest BCUT2D eigenvalue weighted by Crippen LogP contribution is 2.17. The summed E-state index contributed by atoms with van der Waals surface area (Å²) < 4.78 is 22.7. The van der Waals surface area contributed by atoms with Crippen LogP contribution in [-0.4, -0.2) is 43.4 Å². The molecule has 0 saturated carbocycles. The molecule has 1 aromatic heterocycles. The molecule has 6 nitrogen and oxygen atoms in total. The number of sulfone groups is 1. The largest absolute Gasteiger partial charge is 0.361 e. The summed E-state index contributed by atoms with van der Waals surface area (Å²) in [6.45, 7) is 4.99. The summed E-state index contributed by atoms with van der Waals surface area (Å²) in [6.07, 6.45) is 0.483. The van der Waals surface area contributed by atoms with Crippen LogP contribution in [0.4, 0.5) is 5.13 Å². The molecule has 0 bridgehead atoms. The molecule has 1 saturated heterocycles. The van der Waals surface area contributed by atoms with Crippen molar-refractivity contribution in [3.05, 3.63) is 11.1 Å². The molecule has 0 aliphatic carbocycles. The van der Waals surface area contributed by atoms with Crippen molar-refractivity contribution < 1.29 is 13.2 Å². The van der Waals surface area contributed by atoms with Crippen LogP contribution >= 0.6 is 11.3 Å². The number of hydrogen-bond donors (Lipinski definition) is 2. The Morgan fingerprint density at radius 3 is 2.90 bits per heavy atom. The van der Waals surface area contributed by atoms with Gasteiger partial charge in [-0.25, -0.2) is 13.4 Å². The van der Waals surface area contributed by atoms with Gasteiger partial charge in [-0.05, 0) is 12.3 Å². The van der Waals surface area contributed by atoms with Crippen molar-refractivity contribution in [2.45, 2.75) is 26.3 Å². The van der Waals surface area contributed by atoms with E-state index in [4.69, 9.17) is 0 Å². The maximum atomic E-state index is 12.0. The van der Waals surface area contributed by atoms with E-state index in [1.807, 2.05) is 0 Å². The van der Waals surface area contributed by atoms with E-state index in [1.165, 1.54) is 11.3 Å². The second kappa shape index (κ2) is 6.09. The van der Waals surface area contributed by atoms with Gasteiger partial charge in [0.2, 0.25) is 0 Å². The molecule has 0 aromatic carbocycles. The van der Waals surface area contributed by atoms with Crippen molar-refractivity contribution in [3.8, 4) is 0 Å². The van der Waals surface area contributed by atoms with E-state index in [9.17, 15) is 13.2 Å². The van der Waals surface area contributed by atoms with Gasteiger partial charge in [0.1, 0.15) is 5.69 Å². The lowest BCUT2D eigenvalue weighted by Gasteiger charge is -2.09. The third-order valence-electron chi connectivity index (χ3n) is 2.97. The fourth-order valence-electron chi connectivity index (χ4n) is 1.92. The zero-order valence-electron chi connectivity index (χ0n) is 11.5. The SMILES string of the molecule is CC(C)CNc1nc(C(=O)N[C@@H]2CCS(=O)(=O)C2)cs1. The Morgan fingerprint density at radius 2 is 2.30 bits per heavy atom. The highest BCUT2D eigenvalue weighted by molar-refractivity contribution is 7.91. The Labute approximate surface area is 122 Å². The first kappa shape index (κ1) is 15.2. The second-order valence-electron chi connectivity index (χ2n) is 5.39. The summed E-state index contributed by atoms with van der Waals surface area (Å²) in [5.74, 6) is 0.373. The molecular formula is C12H19N3O3S2.